The zero-order valence-corrected chi connectivity index (χ0v) is 13.7. The average molecular weight is 399 g/mol. The van der Waals surface area contributed by atoms with Gasteiger partial charge < -0.3 is 19.8 Å². The summed E-state index contributed by atoms with van der Waals surface area (Å²) in [6.45, 7) is 0. The largest absolute Gasteiger partial charge is 0.550 e. The number of carbonyl (C=O) groups excluding carboxylic acids is 4. The summed E-state index contributed by atoms with van der Waals surface area (Å²) >= 11 is 23.3. The Labute approximate surface area is 148 Å². The van der Waals surface area contributed by atoms with Gasteiger partial charge in [0.1, 0.15) is 0 Å². The molecule has 23 heavy (non-hydrogen) atoms. The molecule has 2 rings (SSSR count). The molecule has 1 heterocycles. The molecule has 1 atom stereocenters. The summed E-state index contributed by atoms with van der Waals surface area (Å²) in [7, 11) is 0. The van der Waals surface area contributed by atoms with Gasteiger partial charge in [0.15, 0.2) is 0 Å². The topological polar surface area (TPSA) is 118 Å². The summed E-state index contributed by atoms with van der Waals surface area (Å²) in [4.78, 5) is 46.6. The first-order valence-corrected chi connectivity index (χ1v) is 7.25. The van der Waals surface area contributed by atoms with Crippen LogP contribution in [0.5, 0.6) is 0 Å². The van der Waals surface area contributed by atoms with Crippen molar-refractivity contribution in [3.05, 3.63) is 31.2 Å². The molecule has 0 aromatic heterocycles. The van der Waals surface area contributed by atoms with Gasteiger partial charge in [0.05, 0.1) is 43.2 Å². The van der Waals surface area contributed by atoms with E-state index in [1.54, 1.807) is 0 Å². The summed E-state index contributed by atoms with van der Waals surface area (Å²) in [5.74, 6) is -6.12. The Balaban J connectivity index is 2.66. The van der Waals surface area contributed by atoms with Crippen molar-refractivity contribution in [3.63, 3.8) is 0 Å². The van der Waals surface area contributed by atoms with Crippen LogP contribution in [0.3, 0.4) is 0 Å². The molecular weight excluding hydrogens is 396 g/mol. The lowest BCUT2D eigenvalue weighted by Gasteiger charge is -2.27. The third-order valence-electron chi connectivity index (χ3n) is 3.08. The molecule has 0 radical (unpaired) electrons. The Morgan fingerprint density at radius 1 is 0.870 bits per heavy atom. The minimum absolute atomic E-state index is 0.167. The van der Waals surface area contributed by atoms with E-state index in [1.165, 1.54) is 0 Å². The third-order valence-corrected chi connectivity index (χ3v) is 4.88. The molecule has 7 nitrogen and oxygen atoms in total. The predicted octanol–water partition coefficient (Wildman–Crippen LogP) is 0.155. The van der Waals surface area contributed by atoms with E-state index in [9.17, 15) is 29.4 Å². The first kappa shape index (κ1) is 17.8. The monoisotopic (exact) mass is 397 g/mol. The lowest BCUT2D eigenvalue weighted by molar-refractivity contribution is -0.319. The maximum Gasteiger partial charge on any atom is 0.263 e. The van der Waals surface area contributed by atoms with Crippen LogP contribution in [0.15, 0.2) is 0 Å². The van der Waals surface area contributed by atoms with Gasteiger partial charge in [-0.15, -0.1) is 0 Å². The van der Waals surface area contributed by atoms with Crippen molar-refractivity contribution in [3.8, 4) is 0 Å². The number of carboxylic acid groups (broad SMARTS) is 2. The van der Waals surface area contributed by atoms with Crippen LogP contribution in [-0.2, 0) is 9.59 Å². The van der Waals surface area contributed by atoms with Crippen molar-refractivity contribution in [1.82, 2.24) is 4.90 Å². The SMILES string of the molecule is O=C([O-])CC(C(=O)[O-])N1C(=O)c2c(Cl)c(Cl)c(Cl)c(Cl)c2C1=O. The van der Waals surface area contributed by atoms with E-state index in [0.717, 1.165) is 0 Å². The van der Waals surface area contributed by atoms with E-state index < -0.39 is 57.4 Å². The van der Waals surface area contributed by atoms with E-state index in [0.29, 0.717) is 0 Å². The summed E-state index contributed by atoms with van der Waals surface area (Å²) in [5, 5.41) is 20.4. The highest BCUT2D eigenvalue weighted by Crippen LogP contribution is 2.45. The van der Waals surface area contributed by atoms with Gasteiger partial charge in [0, 0.05) is 12.4 Å². The Kier molecular flexibility index (Phi) is 4.77. The number of nitrogens with zero attached hydrogens (tertiary/aromatic N) is 1. The van der Waals surface area contributed by atoms with Gasteiger partial charge in [-0.3, -0.25) is 14.5 Å². The Bertz CT molecular complexity index is 731. The van der Waals surface area contributed by atoms with Crippen LogP contribution < -0.4 is 10.2 Å². The normalized spacial score (nSPS) is 14.9. The van der Waals surface area contributed by atoms with E-state index in [4.69, 9.17) is 46.4 Å². The van der Waals surface area contributed by atoms with Crippen LogP contribution in [0.25, 0.3) is 0 Å². The fourth-order valence-electron chi connectivity index (χ4n) is 2.09. The summed E-state index contributed by atoms with van der Waals surface area (Å²) in [6, 6.07) is -2.10. The third kappa shape index (κ3) is 2.74. The number of hydrogen-bond acceptors (Lipinski definition) is 6. The highest BCUT2D eigenvalue weighted by Gasteiger charge is 2.45. The zero-order chi connectivity index (χ0) is 17.6. The molecule has 0 N–H and O–H groups in total. The van der Waals surface area contributed by atoms with Crippen LogP contribution >= 0.6 is 46.4 Å². The van der Waals surface area contributed by atoms with Gasteiger partial charge in [-0.2, -0.15) is 0 Å². The van der Waals surface area contributed by atoms with Crippen LogP contribution in [0, 0.1) is 0 Å². The molecule has 122 valence electrons. The van der Waals surface area contributed by atoms with Crippen molar-refractivity contribution in [2.75, 3.05) is 0 Å². The van der Waals surface area contributed by atoms with Gasteiger partial charge >= 0.3 is 0 Å². The Hall–Kier alpha value is -1.54. The minimum Gasteiger partial charge on any atom is -0.550 e. The molecule has 1 aliphatic heterocycles. The highest BCUT2D eigenvalue weighted by molar-refractivity contribution is 6.55. The molecule has 1 aromatic carbocycles. The van der Waals surface area contributed by atoms with Gasteiger partial charge in [-0.1, -0.05) is 46.4 Å². The number of carbonyl (C=O) groups is 4. The van der Waals surface area contributed by atoms with Crippen LogP contribution in [-0.4, -0.2) is 34.7 Å². The smallest absolute Gasteiger partial charge is 0.263 e. The highest BCUT2D eigenvalue weighted by atomic mass is 35.5. The zero-order valence-electron chi connectivity index (χ0n) is 10.7. The summed E-state index contributed by atoms with van der Waals surface area (Å²) < 4.78 is 0. The molecule has 0 spiro atoms. The number of hydrogen-bond donors (Lipinski definition) is 0. The molecule has 0 fully saturated rings. The fraction of sp³-hybridized carbons (Fsp3) is 0.167. The first-order chi connectivity index (χ1) is 10.6. The number of amides is 2. The molecule has 0 saturated carbocycles. The minimum atomic E-state index is -2.10. The average Bonchev–Trinajstić information content (AvgIpc) is 2.71. The van der Waals surface area contributed by atoms with Crippen molar-refractivity contribution in [1.29, 1.82) is 0 Å². The van der Waals surface area contributed by atoms with Crippen molar-refractivity contribution in [2.45, 2.75) is 12.5 Å². The Morgan fingerprint density at radius 2 is 1.26 bits per heavy atom. The number of benzene rings is 1. The van der Waals surface area contributed by atoms with Gasteiger partial charge in [-0.25, -0.2) is 0 Å². The lowest BCUT2D eigenvalue weighted by atomic mass is 10.1. The molecule has 1 aliphatic rings. The molecular formula is C12H3Cl4NO6-2. The fourth-order valence-corrected chi connectivity index (χ4v) is 3.10. The standard InChI is InChI=1S/C12H5Cl4NO6/c13-6-4-5(7(14)9(16)8(6)15)11(21)17(10(4)20)2(12(22)23)1-3(18)19/h2H,1H2,(H,18,19)(H,22,23)/p-2. The van der Waals surface area contributed by atoms with Crippen LogP contribution in [0.2, 0.25) is 20.1 Å². The second kappa shape index (κ2) is 6.16. The maximum absolute atomic E-state index is 12.3. The number of fused-ring (bicyclic) bond motifs is 1. The number of aliphatic carboxylic acids is 2. The second-order valence-electron chi connectivity index (χ2n) is 4.40. The quantitative estimate of drug-likeness (QED) is 0.405. The molecule has 0 bridgehead atoms. The molecule has 1 unspecified atom stereocenters. The number of carboxylic acids is 2. The molecule has 2 amide bonds. The number of imide groups is 1. The van der Waals surface area contributed by atoms with Crippen LogP contribution in [0.1, 0.15) is 27.1 Å². The maximum atomic E-state index is 12.3. The van der Waals surface area contributed by atoms with Crippen molar-refractivity contribution < 1.29 is 29.4 Å². The number of rotatable bonds is 4. The van der Waals surface area contributed by atoms with E-state index in [1.807, 2.05) is 0 Å². The van der Waals surface area contributed by atoms with Gasteiger partial charge in [0.2, 0.25) is 0 Å². The first-order valence-electron chi connectivity index (χ1n) is 5.74. The van der Waals surface area contributed by atoms with Gasteiger partial charge in [-0.05, 0) is 0 Å². The predicted molar refractivity (Wildman–Crippen MR) is 75.4 cm³/mol. The molecule has 1 aromatic rings. The van der Waals surface area contributed by atoms with Crippen molar-refractivity contribution >= 4 is 70.2 Å². The molecule has 11 heteroatoms. The molecule has 0 saturated heterocycles. The van der Waals surface area contributed by atoms with E-state index >= 15 is 0 Å². The van der Waals surface area contributed by atoms with E-state index in [2.05, 4.69) is 0 Å². The summed E-state index contributed by atoms with van der Waals surface area (Å²) in [5.41, 5.74) is -0.915. The van der Waals surface area contributed by atoms with Crippen molar-refractivity contribution in [2.24, 2.45) is 0 Å². The van der Waals surface area contributed by atoms with E-state index in [-0.39, 0.29) is 14.9 Å². The summed E-state index contributed by atoms with van der Waals surface area (Å²) in [6.07, 6.45) is -1.16. The second-order valence-corrected chi connectivity index (χ2v) is 5.91. The van der Waals surface area contributed by atoms with Crippen LogP contribution in [0.4, 0.5) is 0 Å². The molecule has 0 aliphatic carbocycles. The Morgan fingerprint density at radius 3 is 1.57 bits per heavy atom. The van der Waals surface area contributed by atoms with Gasteiger partial charge in [0.25, 0.3) is 11.8 Å². The number of halogens is 4. The lowest BCUT2D eigenvalue weighted by Crippen LogP contribution is -2.52.